The van der Waals surface area contributed by atoms with Crippen LogP contribution in [0.15, 0.2) is 41.2 Å². The predicted octanol–water partition coefficient (Wildman–Crippen LogP) is 2.76. The molecular weight excluding hydrogens is 326 g/mol. The fraction of sp³-hybridized carbons (Fsp3) is 0.389. The third-order valence-corrected chi connectivity index (χ3v) is 4.77. The quantitative estimate of drug-likeness (QED) is 0.859. The van der Waals surface area contributed by atoms with Crippen molar-refractivity contribution in [3.8, 4) is 0 Å². The van der Waals surface area contributed by atoms with Crippen molar-refractivity contribution >= 4 is 17.5 Å². The van der Waals surface area contributed by atoms with E-state index in [1.54, 1.807) is 24.3 Å². The first-order valence-corrected chi connectivity index (χ1v) is 8.51. The molecule has 6 heteroatoms. The second kappa shape index (κ2) is 7.18. The van der Waals surface area contributed by atoms with Gasteiger partial charge in [0.25, 0.3) is 11.5 Å². The number of piperidine rings is 1. The van der Waals surface area contributed by atoms with Crippen LogP contribution in [-0.2, 0) is 6.54 Å². The summed E-state index contributed by atoms with van der Waals surface area (Å²) in [7, 11) is 0. The minimum Gasteiger partial charge on any atom is -0.339 e. The normalized spacial score (nSPS) is 15.5. The molecular formula is C18H20ClN3O2. The van der Waals surface area contributed by atoms with Gasteiger partial charge in [-0.3, -0.25) is 9.59 Å². The van der Waals surface area contributed by atoms with Gasteiger partial charge in [0.05, 0.1) is 16.3 Å². The smallest absolute Gasteiger partial charge is 0.266 e. The van der Waals surface area contributed by atoms with Crippen molar-refractivity contribution < 1.29 is 4.79 Å². The summed E-state index contributed by atoms with van der Waals surface area (Å²) in [5.74, 6) is 0.331. The molecule has 0 atom stereocenters. The third-order valence-electron chi connectivity index (χ3n) is 4.44. The maximum atomic E-state index is 12.6. The predicted molar refractivity (Wildman–Crippen MR) is 93.3 cm³/mol. The fourth-order valence-electron chi connectivity index (χ4n) is 3.05. The average Bonchev–Trinajstić information content (AvgIpc) is 2.59. The molecule has 0 saturated carbocycles. The number of likely N-dealkylation sites (tertiary alicyclic amines) is 1. The molecule has 0 aliphatic carbocycles. The van der Waals surface area contributed by atoms with Crippen molar-refractivity contribution in [1.29, 1.82) is 0 Å². The van der Waals surface area contributed by atoms with Gasteiger partial charge in [0.15, 0.2) is 0 Å². The van der Waals surface area contributed by atoms with Crippen LogP contribution >= 0.6 is 11.6 Å². The van der Waals surface area contributed by atoms with Gasteiger partial charge < -0.3 is 4.90 Å². The van der Waals surface area contributed by atoms with E-state index in [4.69, 9.17) is 11.6 Å². The molecule has 126 valence electrons. The molecule has 1 aromatic carbocycles. The van der Waals surface area contributed by atoms with E-state index in [2.05, 4.69) is 5.10 Å². The molecule has 2 heterocycles. The summed E-state index contributed by atoms with van der Waals surface area (Å²) < 4.78 is 1.53. The Hall–Kier alpha value is -2.14. The first-order chi connectivity index (χ1) is 11.5. The summed E-state index contributed by atoms with van der Waals surface area (Å²) in [5.41, 5.74) is 1.31. The number of amides is 1. The molecule has 1 amide bonds. The summed E-state index contributed by atoms with van der Waals surface area (Å²) in [4.78, 5) is 26.3. The second-order valence-electron chi connectivity index (χ2n) is 6.21. The standard InChI is InChI=1S/C18H20ClN3O2/c1-13-6-7-17(23)22(20-13)12-14-8-10-21(11-9-14)18(24)15-4-2-3-5-16(15)19/h2-7,14H,8-12H2,1H3. The maximum Gasteiger partial charge on any atom is 0.266 e. The Kier molecular flexibility index (Phi) is 5.00. The number of aromatic nitrogens is 2. The minimum atomic E-state index is -0.0739. The van der Waals surface area contributed by atoms with Crippen LogP contribution in [0, 0.1) is 12.8 Å². The van der Waals surface area contributed by atoms with Crippen LogP contribution in [0.2, 0.25) is 5.02 Å². The highest BCUT2D eigenvalue weighted by atomic mass is 35.5. The Labute approximate surface area is 145 Å². The molecule has 1 fully saturated rings. The highest BCUT2D eigenvalue weighted by Gasteiger charge is 2.25. The van der Waals surface area contributed by atoms with Crippen LogP contribution in [-0.4, -0.2) is 33.7 Å². The lowest BCUT2D eigenvalue weighted by atomic mass is 9.96. The van der Waals surface area contributed by atoms with Gasteiger partial charge in [0, 0.05) is 25.7 Å². The highest BCUT2D eigenvalue weighted by molar-refractivity contribution is 6.33. The molecule has 3 rings (SSSR count). The van der Waals surface area contributed by atoms with Crippen molar-refractivity contribution in [3.63, 3.8) is 0 Å². The third kappa shape index (κ3) is 3.67. The largest absolute Gasteiger partial charge is 0.339 e. The zero-order chi connectivity index (χ0) is 17.1. The molecule has 1 aliphatic rings. The number of aryl methyl sites for hydroxylation is 1. The van der Waals surface area contributed by atoms with Crippen LogP contribution in [0.4, 0.5) is 0 Å². The topological polar surface area (TPSA) is 55.2 Å². The van der Waals surface area contributed by atoms with E-state index in [1.807, 2.05) is 24.0 Å². The Morgan fingerprint density at radius 2 is 1.92 bits per heavy atom. The van der Waals surface area contributed by atoms with Crippen molar-refractivity contribution in [2.24, 2.45) is 5.92 Å². The van der Waals surface area contributed by atoms with Crippen molar-refractivity contribution in [2.45, 2.75) is 26.3 Å². The number of nitrogens with zero attached hydrogens (tertiary/aromatic N) is 3. The number of halogens is 1. The van der Waals surface area contributed by atoms with Crippen LogP contribution in [0.3, 0.4) is 0 Å². The molecule has 1 aromatic heterocycles. The van der Waals surface area contributed by atoms with E-state index in [0.717, 1.165) is 18.5 Å². The molecule has 0 spiro atoms. The lowest BCUT2D eigenvalue weighted by molar-refractivity contribution is 0.0680. The van der Waals surface area contributed by atoms with E-state index >= 15 is 0 Å². The molecule has 1 saturated heterocycles. The van der Waals surface area contributed by atoms with E-state index in [9.17, 15) is 9.59 Å². The first-order valence-electron chi connectivity index (χ1n) is 8.13. The molecule has 0 bridgehead atoms. The number of hydrogen-bond donors (Lipinski definition) is 0. The molecule has 5 nitrogen and oxygen atoms in total. The Bertz CT molecular complexity index is 795. The number of carbonyl (C=O) groups excluding carboxylic acids is 1. The maximum absolute atomic E-state index is 12.6. The van der Waals surface area contributed by atoms with E-state index in [0.29, 0.717) is 36.1 Å². The van der Waals surface area contributed by atoms with Crippen LogP contribution in [0.5, 0.6) is 0 Å². The molecule has 0 N–H and O–H groups in total. The van der Waals surface area contributed by atoms with Crippen LogP contribution < -0.4 is 5.56 Å². The Morgan fingerprint density at radius 3 is 2.62 bits per heavy atom. The van der Waals surface area contributed by atoms with E-state index in [-0.39, 0.29) is 11.5 Å². The lowest BCUT2D eigenvalue weighted by Gasteiger charge is -2.32. The number of carbonyl (C=O) groups is 1. The van der Waals surface area contributed by atoms with Crippen molar-refractivity contribution in [1.82, 2.24) is 14.7 Å². The van der Waals surface area contributed by atoms with Crippen molar-refractivity contribution in [2.75, 3.05) is 13.1 Å². The van der Waals surface area contributed by atoms with Gasteiger partial charge >= 0.3 is 0 Å². The fourth-order valence-corrected chi connectivity index (χ4v) is 3.27. The first kappa shape index (κ1) is 16.7. The highest BCUT2D eigenvalue weighted by Crippen LogP contribution is 2.23. The van der Waals surface area contributed by atoms with Crippen LogP contribution in [0.1, 0.15) is 28.9 Å². The monoisotopic (exact) mass is 345 g/mol. The van der Waals surface area contributed by atoms with E-state index in [1.165, 1.54) is 4.68 Å². The molecule has 1 aliphatic heterocycles. The summed E-state index contributed by atoms with van der Waals surface area (Å²) in [6.07, 6.45) is 1.72. The van der Waals surface area contributed by atoms with Crippen LogP contribution in [0.25, 0.3) is 0 Å². The summed E-state index contributed by atoms with van der Waals surface area (Å²) >= 11 is 6.11. The summed E-state index contributed by atoms with van der Waals surface area (Å²) in [5, 5.41) is 4.77. The van der Waals surface area contributed by atoms with Gasteiger partial charge in [-0.15, -0.1) is 0 Å². The summed E-state index contributed by atoms with van der Waals surface area (Å²) in [6, 6.07) is 10.4. The number of rotatable bonds is 3. The summed E-state index contributed by atoms with van der Waals surface area (Å²) in [6.45, 7) is 3.83. The lowest BCUT2D eigenvalue weighted by Crippen LogP contribution is -2.40. The molecule has 2 aromatic rings. The zero-order valence-electron chi connectivity index (χ0n) is 13.6. The SMILES string of the molecule is Cc1ccc(=O)n(CC2CCN(C(=O)c3ccccc3Cl)CC2)n1. The second-order valence-corrected chi connectivity index (χ2v) is 6.62. The van der Waals surface area contributed by atoms with Gasteiger partial charge in [-0.2, -0.15) is 5.10 Å². The van der Waals surface area contributed by atoms with Gasteiger partial charge in [0.1, 0.15) is 0 Å². The Balaban J connectivity index is 1.62. The van der Waals surface area contributed by atoms with Crippen molar-refractivity contribution in [3.05, 3.63) is 63.0 Å². The van der Waals surface area contributed by atoms with Gasteiger partial charge in [0.2, 0.25) is 0 Å². The average molecular weight is 346 g/mol. The zero-order valence-corrected chi connectivity index (χ0v) is 14.4. The molecule has 0 unspecified atom stereocenters. The van der Waals surface area contributed by atoms with Gasteiger partial charge in [-0.1, -0.05) is 23.7 Å². The van der Waals surface area contributed by atoms with E-state index < -0.39 is 0 Å². The minimum absolute atomic E-state index is 0.0232. The van der Waals surface area contributed by atoms with Gasteiger partial charge in [-0.25, -0.2) is 4.68 Å². The number of benzene rings is 1. The number of hydrogen-bond acceptors (Lipinski definition) is 3. The Morgan fingerprint density at radius 1 is 1.21 bits per heavy atom. The molecule has 0 radical (unpaired) electrons. The van der Waals surface area contributed by atoms with Gasteiger partial charge in [-0.05, 0) is 43.9 Å². The molecule has 24 heavy (non-hydrogen) atoms.